The van der Waals surface area contributed by atoms with Crippen molar-refractivity contribution in [3.05, 3.63) is 29.3 Å². The molecule has 0 aromatic heterocycles. The lowest BCUT2D eigenvalue weighted by Crippen LogP contribution is -2.55. The predicted molar refractivity (Wildman–Crippen MR) is 79.6 cm³/mol. The minimum Gasteiger partial charge on any atom is -0.478 e. The van der Waals surface area contributed by atoms with Gasteiger partial charge in [-0.1, -0.05) is 18.1 Å². The van der Waals surface area contributed by atoms with E-state index in [-0.39, 0.29) is 0 Å². The van der Waals surface area contributed by atoms with Crippen LogP contribution in [0.2, 0.25) is 0 Å². The second kappa shape index (κ2) is 5.44. The van der Waals surface area contributed by atoms with Gasteiger partial charge in [0.05, 0.1) is 11.3 Å². The number of carboxylic acid groups (broad SMARTS) is 1. The molecule has 1 N–H and O–H groups in total. The van der Waals surface area contributed by atoms with Crippen LogP contribution >= 0.6 is 0 Å². The Labute approximate surface area is 120 Å². The van der Waals surface area contributed by atoms with Crippen molar-refractivity contribution in [3.63, 3.8) is 0 Å². The summed E-state index contributed by atoms with van der Waals surface area (Å²) in [5.41, 5.74) is 2.32. The second-order valence-corrected chi connectivity index (χ2v) is 5.96. The van der Waals surface area contributed by atoms with Crippen molar-refractivity contribution in [2.45, 2.75) is 32.2 Å². The number of carboxylic acids is 1. The topological polar surface area (TPSA) is 43.8 Å². The van der Waals surface area contributed by atoms with Gasteiger partial charge in [-0.15, -0.1) is 0 Å². The number of carbonyl (C=O) groups is 1. The highest BCUT2D eigenvalue weighted by molar-refractivity contribution is 5.94. The molecule has 0 bridgehead atoms. The molecule has 0 amide bonds. The second-order valence-electron chi connectivity index (χ2n) is 5.96. The van der Waals surface area contributed by atoms with Gasteiger partial charge >= 0.3 is 5.97 Å². The maximum atomic E-state index is 11.5. The van der Waals surface area contributed by atoms with Crippen molar-refractivity contribution < 1.29 is 9.90 Å². The fourth-order valence-corrected chi connectivity index (χ4v) is 3.47. The summed E-state index contributed by atoms with van der Waals surface area (Å²) in [5, 5.41) is 9.42. The van der Waals surface area contributed by atoms with Crippen molar-refractivity contribution in [2.75, 3.05) is 31.1 Å². The Balaban J connectivity index is 1.84. The molecule has 2 fully saturated rings. The van der Waals surface area contributed by atoms with E-state index in [9.17, 15) is 9.90 Å². The largest absolute Gasteiger partial charge is 0.478 e. The Kier molecular flexibility index (Phi) is 3.66. The average Bonchev–Trinajstić information content (AvgIpc) is 2.46. The van der Waals surface area contributed by atoms with Crippen LogP contribution in [-0.4, -0.2) is 48.2 Å². The number of benzene rings is 1. The first-order chi connectivity index (χ1) is 9.65. The summed E-state index contributed by atoms with van der Waals surface area (Å²) in [6.07, 6.45) is 3.85. The van der Waals surface area contributed by atoms with Crippen LogP contribution in [0.15, 0.2) is 18.2 Å². The summed E-state index contributed by atoms with van der Waals surface area (Å²) in [7, 11) is 0. The first-order valence-corrected chi connectivity index (χ1v) is 7.48. The Bertz CT molecular complexity index is 515. The zero-order chi connectivity index (χ0) is 14.1. The van der Waals surface area contributed by atoms with Gasteiger partial charge in [-0.05, 0) is 38.4 Å². The summed E-state index contributed by atoms with van der Waals surface area (Å²) in [6.45, 7) is 6.09. The van der Waals surface area contributed by atoms with Crippen LogP contribution in [-0.2, 0) is 0 Å². The molecule has 1 atom stereocenters. The third kappa shape index (κ3) is 2.52. The van der Waals surface area contributed by atoms with Gasteiger partial charge in [-0.3, -0.25) is 4.90 Å². The van der Waals surface area contributed by atoms with Crippen LogP contribution in [0.4, 0.5) is 5.69 Å². The van der Waals surface area contributed by atoms with Gasteiger partial charge in [0, 0.05) is 25.7 Å². The predicted octanol–water partition coefficient (Wildman–Crippen LogP) is 2.37. The Morgan fingerprint density at radius 2 is 2.10 bits per heavy atom. The lowest BCUT2D eigenvalue weighted by molar-refractivity contribution is 0.0696. The smallest absolute Gasteiger partial charge is 0.337 e. The fourth-order valence-electron chi connectivity index (χ4n) is 3.47. The number of aryl methyl sites for hydroxylation is 1. The molecule has 0 aliphatic carbocycles. The summed E-state index contributed by atoms with van der Waals surface area (Å²) in [5.74, 6) is -0.824. The lowest BCUT2D eigenvalue weighted by atomic mass is 9.98. The van der Waals surface area contributed by atoms with Crippen molar-refractivity contribution in [2.24, 2.45) is 0 Å². The van der Waals surface area contributed by atoms with Crippen LogP contribution in [0.25, 0.3) is 0 Å². The monoisotopic (exact) mass is 274 g/mol. The van der Waals surface area contributed by atoms with E-state index in [0.717, 1.165) is 30.9 Å². The molecule has 4 nitrogen and oxygen atoms in total. The molecule has 0 spiro atoms. The number of fused-ring (bicyclic) bond motifs is 1. The van der Waals surface area contributed by atoms with Crippen molar-refractivity contribution in [1.29, 1.82) is 0 Å². The van der Waals surface area contributed by atoms with E-state index in [1.165, 1.54) is 25.8 Å². The highest BCUT2D eigenvalue weighted by Crippen LogP contribution is 2.28. The van der Waals surface area contributed by atoms with E-state index < -0.39 is 5.97 Å². The quantitative estimate of drug-likeness (QED) is 0.899. The maximum Gasteiger partial charge on any atom is 0.337 e. The maximum absolute atomic E-state index is 11.5. The van der Waals surface area contributed by atoms with E-state index in [1.54, 1.807) is 6.07 Å². The highest BCUT2D eigenvalue weighted by Gasteiger charge is 2.30. The van der Waals surface area contributed by atoms with Gasteiger partial charge in [0.2, 0.25) is 0 Å². The van der Waals surface area contributed by atoms with Gasteiger partial charge in [0.15, 0.2) is 0 Å². The molecule has 20 heavy (non-hydrogen) atoms. The average molecular weight is 274 g/mol. The van der Waals surface area contributed by atoms with Gasteiger partial charge in [0.1, 0.15) is 0 Å². The first kappa shape index (κ1) is 13.4. The number of rotatable bonds is 2. The van der Waals surface area contributed by atoms with Gasteiger partial charge in [-0.2, -0.15) is 0 Å². The van der Waals surface area contributed by atoms with E-state index in [0.29, 0.717) is 11.6 Å². The van der Waals surface area contributed by atoms with Crippen LogP contribution in [0.5, 0.6) is 0 Å². The number of nitrogens with zero attached hydrogens (tertiary/aromatic N) is 2. The number of piperidine rings is 1. The molecule has 2 aliphatic heterocycles. The Hall–Kier alpha value is -1.55. The van der Waals surface area contributed by atoms with E-state index in [4.69, 9.17) is 0 Å². The molecular weight excluding hydrogens is 252 g/mol. The zero-order valence-corrected chi connectivity index (χ0v) is 12.0. The molecule has 4 heteroatoms. The third-order valence-electron chi connectivity index (χ3n) is 4.56. The summed E-state index contributed by atoms with van der Waals surface area (Å²) >= 11 is 0. The molecule has 0 radical (unpaired) electrons. The van der Waals surface area contributed by atoms with Crippen molar-refractivity contribution in [3.8, 4) is 0 Å². The van der Waals surface area contributed by atoms with Crippen molar-refractivity contribution in [1.82, 2.24) is 4.90 Å². The number of piperazine rings is 1. The molecule has 1 aromatic carbocycles. The van der Waals surface area contributed by atoms with Crippen LogP contribution < -0.4 is 4.90 Å². The molecular formula is C16H22N2O2. The number of anilines is 1. The number of hydrogen-bond acceptors (Lipinski definition) is 3. The molecule has 2 saturated heterocycles. The van der Waals surface area contributed by atoms with Crippen LogP contribution in [0.3, 0.4) is 0 Å². The molecule has 3 rings (SSSR count). The Morgan fingerprint density at radius 1 is 1.25 bits per heavy atom. The molecule has 2 heterocycles. The summed E-state index contributed by atoms with van der Waals surface area (Å²) < 4.78 is 0. The number of hydrogen-bond donors (Lipinski definition) is 1. The molecule has 108 valence electrons. The minimum atomic E-state index is -0.824. The zero-order valence-electron chi connectivity index (χ0n) is 12.0. The van der Waals surface area contributed by atoms with Crippen molar-refractivity contribution >= 4 is 11.7 Å². The standard InChI is InChI=1S/C16H22N2O2/c1-12-5-6-15(14(10-12)16(19)20)18-9-8-17-7-3-2-4-13(17)11-18/h5-6,10,13H,2-4,7-9,11H2,1H3,(H,19,20). The van der Waals surface area contributed by atoms with E-state index >= 15 is 0 Å². The molecule has 2 aliphatic rings. The highest BCUT2D eigenvalue weighted by atomic mass is 16.4. The summed E-state index contributed by atoms with van der Waals surface area (Å²) in [4.78, 5) is 16.3. The Morgan fingerprint density at radius 3 is 2.90 bits per heavy atom. The fraction of sp³-hybridized carbons (Fsp3) is 0.562. The summed E-state index contributed by atoms with van der Waals surface area (Å²) in [6, 6.07) is 6.36. The van der Waals surface area contributed by atoms with E-state index in [1.807, 2.05) is 19.1 Å². The normalized spacial score (nSPS) is 23.4. The van der Waals surface area contributed by atoms with Gasteiger partial charge in [0.25, 0.3) is 0 Å². The van der Waals surface area contributed by atoms with Crippen LogP contribution in [0, 0.1) is 6.92 Å². The molecule has 1 unspecified atom stereocenters. The third-order valence-corrected chi connectivity index (χ3v) is 4.56. The molecule has 0 saturated carbocycles. The van der Waals surface area contributed by atoms with Crippen LogP contribution in [0.1, 0.15) is 35.2 Å². The first-order valence-electron chi connectivity index (χ1n) is 7.48. The van der Waals surface area contributed by atoms with Gasteiger partial charge < -0.3 is 10.0 Å². The minimum absolute atomic E-state index is 0.439. The SMILES string of the molecule is Cc1ccc(N2CCN3CCCCC3C2)c(C(=O)O)c1. The number of aromatic carboxylic acids is 1. The molecule has 1 aromatic rings. The van der Waals surface area contributed by atoms with Gasteiger partial charge in [-0.25, -0.2) is 4.79 Å². The van der Waals surface area contributed by atoms with E-state index in [2.05, 4.69) is 9.80 Å². The lowest BCUT2D eigenvalue weighted by Gasteiger charge is -2.45.